The van der Waals surface area contributed by atoms with Crippen LogP contribution >= 0.6 is 0 Å². The fourth-order valence-electron chi connectivity index (χ4n) is 2.13. The van der Waals surface area contributed by atoms with Crippen molar-refractivity contribution in [3.05, 3.63) is 75.8 Å². The maximum atomic E-state index is 12.6. The number of anilines is 1. The van der Waals surface area contributed by atoms with Gasteiger partial charge in [-0.1, -0.05) is 19.4 Å². The van der Waals surface area contributed by atoms with E-state index >= 15 is 0 Å². The summed E-state index contributed by atoms with van der Waals surface area (Å²) in [5, 5.41) is 14.0. The predicted molar refractivity (Wildman–Crippen MR) is 91.5 cm³/mol. The minimum absolute atomic E-state index is 0.00465. The lowest BCUT2D eigenvalue weighted by molar-refractivity contribution is -0.384. The molecule has 0 saturated heterocycles. The quantitative estimate of drug-likeness (QED) is 0.443. The fraction of sp³-hybridized carbons (Fsp3) is 0.167. The Kier molecular flexibility index (Phi) is 5.78. The summed E-state index contributed by atoms with van der Waals surface area (Å²) >= 11 is 0. The second kappa shape index (κ2) is 8.01. The number of nitro groups is 1. The molecule has 0 unspecified atom stereocenters. The maximum absolute atomic E-state index is 12.6. The average molecular weight is 328 g/mol. The lowest BCUT2D eigenvalue weighted by Gasteiger charge is -2.12. The van der Waals surface area contributed by atoms with E-state index in [1.165, 1.54) is 24.3 Å². The number of nitrogens with one attached hydrogen (secondary N) is 1. The third-order valence-electron chi connectivity index (χ3n) is 3.42. The molecule has 0 aliphatic carbocycles. The van der Waals surface area contributed by atoms with Crippen LogP contribution in [0.1, 0.15) is 35.7 Å². The van der Waals surface area contributed by atoms with E-state index < -0.39 is 11.0 Å². The summed E-state index contributed by atoms with van der Waals surface area (Å²) in [6.07, 6.45) is 3.78. The number of carbonyl (C=O) groups is 1. The monoisotopic (exact) mass is 328 g/mol. The van der Waals surface area contributed by atoms with Crippen LogP contribution in [-0.2, 0) is 0 Å². The first-order chi connectivity index (χ1) is 11.5. The van der Waals surface area contributed by atoms with Gasteiger partial charge in [0.1, 0.15) is 0 Å². The number of carbonyl (C=O) groups excluding carboxylic acids is 1. The molecule has 24 heavy (non-hydrogen) atoms. The SMILES string of the molecule is CCC/C=C(\Nc1ccc(C(=O)F)cc1)c1ccc([N+](=O)[O-])cc1. The zero-order valence-electron chi connectivity index (χ0n) is 13.2. The number of unbranched alkanes of at least 4 members (excludes halogenated alkanes) is 1. The Labute approximate surface area is 139 Å². The number of benzene rings is 2. The van der Waals surface area contributed by atoms with Gasteiger partial charge in [0.15, 0.2) is 0 Å². The highest BCUT2D eigenvalue weighted by atomic mass is 19.1. The van der Waals surface area contributed by atoms with Gasteiger partial charge in [0.2, 0.25) is 0 Å². The van der Waals surface area contributed by atoms with Crippen LogP contribution in [0.15, 0.2) is 54.6 Å². The summed E-state index contributed by atoms with van der Waals surface area (Å²) in [4.78, 5) is 21.0. The highest BCUT2D eigenvalue weighted by molar-refractivity contribution is 5.89. The Morgan fingerprint density at radius 1 is 1.12 bits per heavy atom. The molecule has 0 aliphatic rings. The van der Waals surface area contributed by atoms with Gasteiger partial charge in [0, 0.05) is 23.5 Å². The number of hydrogen-bond acceptors (Lipinski definition) is 4. The standard InChI is InChI=1S/C18H17FN2O3/c1-2-3-4-17(13-7-11-16(12-8-13)21(23)24)20-15-9-5-14(6-10-15)18(19)22/h4-12,20H,2-3H2,1H3/b17-4-. The van der Waals surface area contributed by atoms with Gasteiger partial charge in [-0.2, -0.15) is 4.39 Å². The first-order valence-electron chi connectivity index (χ1n) is 7.53. The molecule has 1 N–H and O–H groups in total. The van der Waals surface area contributed by atoms with Gasteiger partial charge >= 0.3 is 6.04 Å². The zero-order chi connectivity index (χ0) is 17.5. The summed E-state index contributed by atoms with van der Waals surface area (Å²) in [7, 11) is 0. The molecular formula is C18H17FN2O3. The molecule has 2 rings (SSSR count). The topological polar surface area (TPSA) is 72.2 Å². The molecule has 0 radical (unpaired) electrons. The van der Waals surface area contributed by atoms with E-state index in [1.54, 1.807) is 24.3 Å². The highest BCUT2D eigenvalue weighted by Gasteiger charge is 2.08. The van der Waals surface area contributed by atoms with Crippen LogP contribution in [-0.4, -0.2) is 11.0 Å². The minimum atomic E-state index is -1.47. The lowest BCUT2D eigenvalue weighted by atomic mass is 10.1. The zero-order valence-corrected chi connectivity index (χ0v) is 13.2. The van der Waals surface area contributed by atoms with E-state index in [-0.39, 0.29) is 11.3 Å². The van der Waals surface area contributed by atoms with Gasteiger partial charge in [0.25, 0.3) is 5.69 Å². The number of rotatable bonds is 7. The Morgan fingerprint density at radius 3 is 2.21 bits per heavy atom. The average Bonchev–Trinajstić information content (AvgIpc) is 2.59. The van der Waals surface area contributed by atoms with Crippen molar-refractivity contribution in [2.75, 3.05) is 5.32 Å². The van der Waals surface area contributed by atoms with Crippen molar-refractivity contribution in [1.29, 1.82) is 0 Å². The molecule has 0 fully saturated rings. The van der Waals surface area contributed by atoms with Crippen LogP contribution in [0.4, 0.5) is 15.8 Å². The molecule has 0 atom stereocenters. The van der Waals surface area contributed by atoms with E-state index in [9.17, 15) is 19.3 Å². The van der Waals surface area contributed by atoms with Gasteiger partial charge in [-0.05, 0) is 48.4 Å². The molecule has 0 heterocycles. The molecule has 0 amide bonds. The summed E-state index contributed by atoms with van der Waals surface area (Å²) in [6.45, 7) is 2.05. The molecule has 0 spiro atoms. The van der Waals surface area contributed by atoms with Crippen molar-refractivity contribution in [2.45, 2.75) is 19.8 Å². The van der Waals surface area contributed by atoms with Crippen molar-refractivity contribution in [3.63, 3.8) is 0 Å². The van der Waals surface area contributed by atoms with Crippen molar-refractivity contribution in [3.8, 4) is 0 Å². The number of non-ortho nitro benzene ring substituents is 1. The van der Waals surface area contributed by atoms with Crippen LogP contribution in [0.3, 0.4) is 0 Å². The van der Waals surface area contributed by atoms with E-state index in [0.29, 0.717) is 5.69 Å². The summed E-state index contributed by atoms with van der Waals surface area (Å²) in [5.74, 6) is 0. The van der Waals surface area contributed by atoms with Gasteiger partial charge in [-0.25, -0.2) is 0 Å². The molecule has 2 aromatic rings. The third-order valence-corrected chi connectivity index (χ3v) is 3.42. The van der Waals surface area contributed by atoms with Crippen LogP contribution < -0.4 is 5.32 Å². The predicted octanol–water partition coefficient (Wildman–Crippen LogP) is 4.96. The van der Waals surface area contributed by atoms with Crippen molar-refractivity contribution < 1.29 is 14.1 Å². The Morgan fingerprint density at radius 2 is 1.71 bits per heavy atom. The van der Waals surface area contributed by atoms with Crippen LogP contribution in [0.25, 0.3) is 5.70 Å². The minimum Gasteiger partial charge on any atom is -0.355 e. The van der Waals surface area contributed by atoms with Crippen LogP contribution in [0, 0.1) is 10.1 Å². The molecule has 124 valence electrons. The molecule has 0 aromatic heterocycles. The number of allylic oxidation sites excluding steroid dienone is 1. The van der Waals surface area contributed by atoms with Crippen molar-refractivity contribution in [1.82, 2.24) is 0 Å². The largest absolute Gasteiger partial charge is 0.355 e. The molecule has 0 bridgehead atoms. The maximum Gasteiger partial charge on any atom is 0.332 e. The number of nitrogens with zero attached hydrogens (tertiary/aromatic N) is 1. The molecule has 5 nitrogen and oxygen atoms in total. The number of nitro benzene ring substituents is 1. The molecule has 0 aliphatic heterocycles. The lowest BCUT2D eigenvalue weighted by Crippen LogP contribution is -2.00. The second-order valence-corrected chi connectivity index (χ2v) is 5.19. The van der Waals surface area contributed by atoms with Gasteiger partial charge in [-0.15, -0.1) is 0 Å². The first-order valence-corrected chi connectivity index (χ1v) is 7.53. The molecule has 6 heteroatoms. The Hall–Kier alpha value is -3.02. The van der Waals surface area contributed by atoms with Crippen LogP contribution in [0.2, 0.25) is 0 Å². The van der Waals surface area contributed by atoms with Crippen LogP contribution in [0.5, 0.6) is 0 Å². The number of hydrogen-bond donors (Lipinski definition) is 1. The van der Waals surface area contributed by atoms with E-state index in [0.717, 1.165) is 24.1 Å². The summed E-state index contributed by atoms with van der Waals surface area (Å²) < 4.78 is 12.6. The fourth-order valence-corrected chi connectivity index (χ4v) is 2.13. The Balaban J connectivity index is 2.25. The van der Waals surface area contributed by atoms with Gasteiger partial charge in [0.05, 0.1) is 10.5 Å². The van der Waals surface area contributed by atoms with Crippen molar-refractivity contribution >= 4 is 23.1 Å². The Bertz CT molecular complexity index is 753. The van der Waals surface area contributed by atoms with Crippen molar-refractivity contribution in [2.24, 2.45) is 0 Å². The normalized spacial score (nSPS) is 11.2. The van der Waals surface area contributed by atoms with E-state index in [2.05, 4.69) is 5.32 Å². The molecule has 2 aromatic carbocycles. The number of halogens is 1. The summed E-state index contributed by atoms with van der Waals surface area (Å²) in [5.41, 5.74) is 2.32. The van der Waals surface area contributed by atoms with E-state index in [1.807, 2.05) is 13.0 Å². The van der Waals surface area contributed by atoms with Gasteiger partial charge < -0.3 is 5.32 Å². The molecule has 0 saturated carbocycles. The second-order valence-electron chi connectivity index (χ2n) is 5.19. The molecular weight excluding hydrogens is 311 g/mol. The van der Waals surface area contributed by atoms with E-state index in [4.69, 9.17) is 0 Å². The highest BCUT2D eigenvalue weighted by Crippen LogP contribution is 2.22. The van der Waals surface area contributed by atoms with Gasteiger partial charge in [-0.3, -0.25) is 14.9 Å². The smallest absolute Gasteiger partial charge is 0.332 e. The first kappa shape index (κ1) is 17.3. The summed E-state index contributed by atoms with van der Waals surface area (Å²) in [6, 6.07) is 10.8. The third kappa shape index (κ3) is 4.49.